The number of aliphatic hydroxyl groups excluding tert-OH is 2. The topological polar surface area (TPSA) is 77.4 Å². The SMILES string of the molecule is C/C=C/O[C@H]1O[C@@H]2COC(c3ccccc3)O[C@@H]2[C@H](O)[C@H]1O. The number of allylic oxidation sites excluding steroid dienone is 1. The van der Waals surface area contributed by atoms with Gasteiger partial charge in [0.05, 0.1) is 12.9 Å². The van der Waals surface area contributed by atoms with E-state index in [0.29, 0.717) is 0 Å². The molecule has 2 saturated heterocycles. The highest BCUT2D eigenvalue weighted by molar-refractivity contribution is 5.16. The standard InChI is InChI=1S/C16H20O6/c1-2-8-19-16-13(18)12(17)14-11(21-16)9-20-15(22-14)10-6-4-3-5-7-10/h2-8,11-18H,9H2,1H3/b8-2+/t11-,12-,13-,14+,15?,16+/m1/s1. The number of ether oxygens (including phenoxy) is 4. The minimum Gasteiger partial charge on any atom is -0.470 e. The molecule has 1 unspecified atom stereocenters. The number of rotatable bonds is 3. The van der Waals surface area contributed by atoms with Gasteiger partial charge >= 0.3 is 0 Å². The molecule has 0 spiro atoms. The molecule has 2 aliphatic rings. The van der Waals surface area contributed by atoms with Crippen molar-refractivity contribution in [3.05, 3.63) is 48.2 Å². The van der Waals surface area contributed by atoms with E-state index in [4.69, 9.17) is 18.9 Å². The number of benzene rings is 1. The third-order valence-electron chi connectivity index (χ3n) is 3.75. The van der Waals surface area contributed by atoms with Crippen molar-refractivity contribution in [2.75, 3.05) is 6.61 Å². The number of hydrogen-bond donors (Lipinski definition) is 2. The Morgan fingerprint density at radius 2 is 1.91 bits per heavy atom. The van der Waals surface area contributed by atoms with Crippen LogP contribution in [0.4, 0.5) is 0 Å². The van der Waals surface area contributed by atoms with Crippen LogP contribution in [0.15, 0.2) is 42.7 Å². The van der Waals surface area contributed by atoms with Gasteiger partial charge < -0.3 is 29.2 Å². The fraction of sp³-hybridized carbons (Fsp3) is 0.500. The summed E-state index contributed by atoms with van der Waals surface area (Å²) in [6, 6.07) is 9.45. The second kappa shape index (κ2) is 6.76. The lowest BCUT2D eigenvalue weighted by atomic mass is 9.98. The normalized spacial score (nSPS) is 38.7. The lowest BCUT2D eigenvalue weighted by molar-refractivity contribution is -0.355. The lowest BCUT2D eigenvalue weighted by Crippen LogP contribution is -2.61. The van der Waals surface area contributed by atoms with Gasteiger partial charge in [-0.05, 0) is 6.92 Å². The van der Waals surface area contributed by atoms with Gasteiger partial charge in [0.2, 0.25) is 6.29 Å². The van der Waals surface area contributed by atoms with Crippen molar-refractivity contribution >= 4 is 0 Å². The molecule has 0 aliphatic carbocycles. The molecule has 6 heteroatoms. The molecule has 2 aliphatic heterocycles. The summed E-state index contributed by atoms with van der Waals surface area (Å²) >= 11 is 0. The van der Waals surface area contributed by atoms with Gasteiger partial charge in [-0.2, -0.15) is 0 Å². The van der Waals surface area contributed by atoms with Gasteiger partial charge in [-0.1, -0.05) is 36.4 Å². The zero-order valence-electron chi connectivity index (χ0n) is 12.2. The molecule has 0 amide bonds. The van der Waals surface area contributed by atoms with Crippen LogP contribution in [0.2, 0.25) is 0 Å². The van der Waals surface area contributed by atoms with Gasteiger partial charge in [0.1, 0.15) is 24.4 Å². The van der Waals surface area contributed by atoms with Crippen molar-refractivity contribution in [2.45, 2.75) is 43.9 Å². The molecule has 1 aromatic carbocycles. The molecule has 3 rings (SSSR count). The number of hydrogen-bond acceptors (Lipinski definition) is 6. The quantitative estimate of drug-likeness (QED) is 0.814. The maximum Gasteiger partial charge on any atom is 0.228 e. The van der Waals surface area contributed by atoms with Crippen LogP contribution in [0.3, 0.4) is 0 Å². The molecule has 2 heterocycles. The van der Waals surface area contributed by atoms with Crippen LogP contribution >= 0.6 is 0 Å². The van der Waals surface area contributed by atoms with Crippen LogP contribution in [0, 0.1) is 0 Å². The molecule has 1 aromatic rings. The molecular weight excluding hydrogens is 288 g/mol. The van der Waals surface area contributed by atoms with Crippen molar-refractivity contribution in [2.24, 2.45) is 0 Å². The predicted molar refractivity (Wildman–Crippen MR) is 76.6 cm³/mol. The van der Waals surface area contributed by atoms with E-state index in [0.717, 1.165) is 5.56 Å². The first-order valence-electron chi connectivity index (χ1n) is 7.31. The summed E-state index contributed by atoms with van der Waals surface area (Å²) in [5, 5.41) is 20.4. The second-order valence-corrected chi connectivity index (χ2v) is 5.31. The van der Waals surface area contributed by atoms with E-state index in [9.17, 15) is 10.2 Å². The average molecular weight is 308 g/mol. The van der Waals surface area contributed by atoms with Crippen molar-refractivity contribution < 1.29 is 29.2 Å². The van der Waals surface area contributed by atoms with E-state index >= 15 is 0 Å². The highest BCUT2D eigenvalue weighted by Gasteiger charge is 2.49. The smallest absolute Gasteiger partial charge is 0.228 e. The van der Waals surface area contributed by atoms with Crippen LogP contribution in [-0.4, -0.2) is 47.5 Å². The van der Waals surface area contributed by atoms with E-state index in [-0.39, 0.29) is 6.61 Å². The van der Waals surface area contributed by atoms with Gasteiger partial charge in [0.25, 0.3) is 0 Å². The molecule has 2 fully saturated rings. The molecule has 120 valence electrons. The Hall–Kier alpha value is -1.44. The molecule has 0 bridgehead atoms. The van der Waals surface area contributed by atoms with E-state index in [1.165, 1.54) is 6.26 Å². The third kappa shape index (κ3) is 3.02. The molecule has 22 heavy (non-hydrogen) atoms. The van der Waals surface area contributed by atoms with Gasteiger partial charge in [0.15, 0.2) is 6.29 Å². The van der Waals surface area contributed by atoms with Gasteiger partial charge in [-0.25, -0.2) is 0 Å². The predicted octanol–water partition coefficient (Wildman–Crippen LogP) is 1.10. The Morgan fingerprint density at radius 3 is 2.64 bits per heavy atom. The first-order chi connectivity index (χ1) is 10.7. The van der Waals surface area contributed by atoms with Gasteiger partial charge in [-0.15, -0.1) is 0 Å². The first kappa shape index (κ1) is 15.5. The van der Waals surface area contributed by atoms with Crippen LogP contribution in [0.25, 0.3) is 0 Å². The number of fused-ring (bicyclic) bond motifs is 1. The molecule has 0 aromatic heterocycles. The summed E-state index contributed by atoms with van der Waals surface area (Å²) in [7, 11) is 0. The Morgan fingerprint density at radius 1 is 1.14 bits per heavy atom. The van der Waals surface area contributed by atoms with E-state index in [1.807, 2.05) is 30.3 Å². The van der Waals surface area contributed by atoms with Crippen LogP contribution in [-0.2, 0) is 18.9 Å². The molecular formula is C16H20O6. The summed E-state index contributed by atoms with van der Waals surface area (Å²) < 4.78 is 22.3. The third-order valence-corrected chi connectivity index (χ3v) is 3.75. The maximum atomic E-state index is 10.3. The van der Waals surface area contributed by atoms with Crippen molar-refractivity contribution in [3.8, 4) is 0 Å². The molecule has 0 radical (unpaired) electrons. The highest BCUT2D eigenvalue weighted by atomic mass is 16.8. The van der Waals surface area contributed by atoms with Crippen molar-refractivity contribution in [1.82, 2.24) is 0 Å². The minimum atomic E-state index is -1.19. The second-order valence-electron chi connectivity index (χ2n) is 5.31. The van der Waals surface area contributed by atoms with Gasteiger partial charge in [0, 0.05) is 5.56 Å². The monoisotopic (exact) mass is 308 g/mol. The van der Waals surface area contributed by atoms with Crippen LogP contribution in [0.1, 0.15) is 18.8 Å². The number of aliphatic hydroxyl groups is 2. The van der Waals surface area contributed by atoms with Crippen molar-refractivity contribution in [3.63, 3.8) is 0 Å². The Labute approximate surface area is 128 Å². The fourth-order valence-corrected chi connectivity index (χ4v) is 2.63. The summed E-state index contributed by atoms with van der Waals surface area (Å²) in [5.74, 6) is 0. The average Bonchev–Trinajstić information content (AvgIpc) is 2.57. The lowest BCUT2D eigenvalue weighted by Gasteiger charge is -2.45. The Balaban J connectivity index is 1.70. The van der Waals surface area contributed by atoms with Crippen molar-refractivity contribution in [1.29, 1.82) is 0 Å². The van der Waals surface area contributed by atoms with E-state index in [1.54, 1.807) is 13.0 Å². The molecule has 6 atom stereocenters. The zero-order chi connectivity index (χ0) is 15.5. The largest absolute Gasteiger partial charge is 0.470 e. The summed E-state index contributed by atoms with van der Waals surface area (Å²) in [4.78, 5) is 0. The summed E-state index contributed by atoms with van der Waals surface area (Å²) in [5.41, 5.74) is 0.856. The van der Waals surface area contributed by atoms with Crippen LogP contribution < -0.4 is 0 Å². The Bertz CT molecular complexity index is 503. The van der Waals surface area contributed by atoms with E-state index in [2.05, 4.69) is 0 Å². The highest BCUT2D eigenvalue weighted by Crippen LogP contribution is 2.34. The zero-order valence-corrected chi connectivity index (χ0v) is 12.2. The minimum absolute atomic E-state index is 0.254. The first-order valence-corrected chi connectivity index (χ1v) is 7.31. The fourth-order valence-electron chi connectivity index (χ4n) is 2.63. The van der Waals surface area contributed by atoms with E-state index < -0.39 is 37.0 Å². The summed E-state index contributed by atoms with van der Waals surface area (Å²) in [6.07, 6.45) is -1.88. The molecule has 2 N–H and O–H groups in total. The summed E-state index contributed by atoms with van der Waals surface area (Å²) in [6.45, 7) is 2.04. The molecule has 6 nitrogen and oxygen atoms in total. The van der Waals surface area contributed by atoms with Gasteiger partial charge in [-0.3, -0.25) is 0 Å². The van der Waals surface area contributed by atoms with Crippen LogP contribution in [0.5, 0.6) is 0 Å². The maximum absolute atomic E-state index is 10.3. The molecule has 0 saturated carbocycles. The Kier molecular flexibility index (Phi) is 4.75.